The summed E-state index contributed by atoms with van der Waals surface area (Å²) in [6.07, 6.45) is 4.62. The highest BCUT2D eigenvalue weighted by Gasteiger charge is 2.15. The van der Waals surface area contributed by atoms with Crippen LogP contribution in [0.15, 0.2) is 11.8 Å². The van der Waals surface area contributed by atoms with E-state index in [1.165, 1.54) is 0 Å². The van der Waals surface area contributed by atoms with Crippen molar-refractivity contribution < 1.29 is 4.79 Å². The van der Waals surface area contributed by atoms with Crippen LogP contribution in [0.3, 0.4) is 0 Å². The van der Waals surface area contributed by atoms with Crippen LogP contribution in [0.2, 0.25) is 0 Å². The number of hydrogen-bond donors (Lipinski definition) is 1. The normalized spacial score (nSPS) is 23.7. The van der Waals surface area contributed by atoms with Crippen LogP contribution in [0.25, 0.3) is 0 Å². The van der Waals surface area contributed by atoms with Crippen molar-refractivity contribution in [1.29, 1.82) is 0 Å². The first-order valence-corrected chi connectivity index (χ1v) is 4.69. The average molecular weight is 167 g/mol. The molecule has 1 N–H and O–H groups in total. The molecule has 0 aromatic carbocycles. The fourth-order valence-electron chi connectivity index (χ4n) is 1.51. The molecular weight excluding hydrogens is 150 g/mol. The second kappa shape index (κ2) is 4.29. The second-order valence-electron chi connectivity index (χ2n) is 3.58. The van der Waals surface area contributed by atoms with Crippen LogP contribution < -0.4 is 5.32 Å². The van der Waals surface area contributed by atoms with Crippen molar-refractivity contribution in [2.45, 2.75) is 33.1 Å². The van der Waals surface area contributed by atoms with Gasteiger partial charge in [-0.05, 0) is 18.8 Å². The van der Waals surface area contributed by atoms with Crippen LogP contribution in [0.1, 0.15) is 33.1 Å². The topological polar surface area (TPSA) is 29.1 Å². The van der Waals surface area contributed by atoms with E-state index >= 15 is 0 Å². The summed E-state index contributed by atoms with van der Waals surface area (Å²) in [4.78, 5) is 11.1. The molecular formula is C10H17NO. The number of carbonyl (C=O) groups is 1. The lowest BCUT2D eigenvalue weighted by Gasteiger charge is -2.19. The summed E-state index contributed by atoms with van der Waals surface area (Å²) < 4.78 is 0. The van der Waals surface area contributed by atoms with Crippen LogP contribution in [0, 0.1) is 5.92 Å². The van der Waals surface area contributed by atoms with Gasteiger partial charge in [0.15, 0.2) is 5.78 Å². The van der Waals surface area contributed by atoms with Gasteiger partial charge < -0.3 is 5.32 Å². The van der Waals surface area contributed by atoms with Crippen molar-refractivity contribution in [2.24, 2.45) is 5.92 Å². The SMILES string of the molecule is CCCNC1=CC(=O)CC(C)C1. The predicted molar refractivity (Wildman–Crippen MR) is 49.8 cm³/mol. The smallest absolute Gasteiger partial charge is 0.157 e. The molecule has 68 valence electrons. The highest BCUT2D eigenvalue weighted by Crippen LogP contribution is 2.19. The third-order valence-corrected chi connectivity index (χ3v) is 2.06. The molecule has 12 heavy (non-hydrogen) atoms. The molecule has 1 rings (SSSR count). The van der Waals surface area contributed by atoms with E-state index in [0.717, 1.165) is 31.5 Å². The number of allylic oxidation sites excluding steroid dienone is 2. The van der Waals surface area contributed by atoms with E-state index in [0.29, 0.717) is 5.92 Å². The Labute approximate surface area is 74.0 Å². The van der Waals surface area contributed by atoms with Gasteiger partial charge in [0.25, 0.3) is 0 Å². The standard InChI is InChI=1S/C10H17NO/c1-3-4-11-9-5-8(2)6-10(12)7-9/h7-8,11H,3-6H2,1-2H3. The third-order valence-electron chi connectivity index (χ3n) is 2.06. The Morgan fingerprint density at radius 3 is 2.92 bits per heavy atom. The molecule has 0 saturated heterocycles. The first-order chi connectivity index (χ1) is 5.72. The van der Waals surface area contributed by atoms with Crippen LogP contribution in [0.4, 0.5) is 0 Å². The number of nitrogens with one attached hydrogen (secondary N) is 1. The van der Waals surface area contributed by atoms with Gasteiger partial charge in [-0.25, -0.2) is 0 Å². The van der Waals surface area contributed by atoms with Crippen LogP contribution in [-0.2, 0) is 4.79 Å². The van der Waals surface area contributed by atoms with E-state index < -0.39 is 0 Å². The highest BCUT2D eigenvalue weighted by molar-refractivity contribution is 5.91. The number of carbonyl (C=O) groups excluding carboxylic acids is 1. The lowest BCUT2D eigenvalue weighted by Crippen LogP contribution is -2.22. The molecule has 1 aliphatic carbocycles. The Hall–Kier alpha value is -0.790. The Morgan fingerprint density at radius 1 is 1.58 bits per heavy atom. The second-order valence-corrected chi connectivity index (χ2v) is 3.58. The summed E-state index contributed by atoms with van der Waals surface area (Å²) in [7, 11) is 0. The minimum atomic E-state index is 0.271. The molecule has 0 saturated carbocycles. The van der Waals surface area contributed by atoms with E-state index in [2.05, 4.69) is 19.2 Å². The average Bonchev–Trinajstić information content (AvgIpc) is 1.99. The Morgan fingerprint density at radius 2 is 2.33 bits per heavy atom. The molecule has 1 unspecified atom stereocenters. The van der Waals surface area contributed by atoms with Gasteiger partial charge in [0, 0.05) is 24.7 Å². The Balaban J connectivity index is 2.46. The monoisotopic (exact) mass is 167 g/mol. The fourth-order valence-corrected chi connectivity index (χ4v) is 1.51. The van der Waals surface area contributed by atoms with Gasteiger partial charge in [-0.2, -0.15) is 0 Å². The number of ketones is 1. The Kier molecular flexibility index (Phi) is 3.32. The molecule has 0 amide bonds. The lowest BCUT2D eigenvalue weighted by molar-refractivity contribution is -0.115. The molecule has 0 aliphatic heterocycles. The molecule has 1 aliphatic rings. The summed E-state index contributed by atoms with van der Waals surface area (Å²) in [5.41, 5.74) is 1.13. The van der Waals surface area contributed by atoms with E-state index in [-0.39, 0.29) is 5.78 Å². The molecule has 0 heterocycles. The predicted octanol–water partition coefficient (Wildman–Crippen LogP) is 1.87. The fraction of sp³-hybridized carbons (Fsp3) is 0.700. The van der Waals surface area contributed by atoms with Gasteiger partial charge in [-0.1, -0.05) is 13.8 Å². The van der Waals surface area contributed by atoms with Crippen LogP contribution >= 0.6 is 0 Å². The van der Waals surface area contributed by atoms with Gasteiger partial charge in [0.2, 0.25) is 0 Å². The maximum atomic E-state index is 11.1. The maximum absolute atomic E-state index is 11.1. The highest BCUT2D eigenvalue weighted by atomic mass is 16.1. The van der Waals surface area contributed by atoms with Gasteiger partial charge in [-0.15, -0.1) is 0 Å². The van der Waals surface area contributed by atoms with E-state index in [1.54, 1.807) is 6.08 Å². The number of hydrogen-bond acceptors (Lipinski definition) is 2. The summed E-state index contributed by atoms with van der Waals surface area (Å²) in [5, 5.41) is 3.27. The third kappa shape index (κ3) is 2.68. The maximum Gasteiger partial charge on any atom is 0.157 e. The van der Waals surface area contributed by atoms with Crippen LogP contribution in [0.5, 0.6) is 0 Å². The minimum Gasteiger partial charge on any atom is -0.388 e. The first-order valence-electron chi connectivity index (χ1n) is 4.69. The zero-order valence-electron chi connectivity index (χ0n) is 7.89. The zero-order valence-corrected chi connectivity index (χ0v) is 7.89. The molecule has 0 bridgehead atoms. The summed E-state index contributed by atoms with van der Waals surface area (Å²) in [6, 6.07) is 0. The van der Waals surface area contributed by atoms with Crippen molar-refractivity contribution in [3.63, 3.8) is 0 Å². The molecule has 1 atom stereocenters. The van der Waals surface area contributed by atoms with Gasteiger partial charge in [-0.3, -0.25) is 4.79 Å². The first kappa shape index (κ1) is 9.30. The molecule has 0 aromatic heterocycles. The van der Waals surface area contributed by atoms with Crippen molar-refractivity contribution in [1.82, 2.24) is 5.32 Å². The summed E-state index contributed by atoms with van der Waals surface area (Å²) >= 11 is 0. The largest absolute Gasteiger partial charge is 0.388 e. The zero-order chi connectivity index (χ0) is 8.97. The van der Waals surface area contributed by atoms with E-state index in [1.807, 2.05) is 0 Å². The molecule has 0 spiro atoms. The van der Waals surface area contributed by atoms with Gasteiger partial charge in [0.05, 0.1) is 0 Å². The molecule has 2 heteroatoms. The Bertz CT molecular complexity index is 196. The van der Waals surface area contributed by atoms with E-state index in [4.69, 9.17) is 0 Å². The van der Waals surface area contributed by atoms with Crippen molar-refractivity contribution in [2.75, 3.05) is 6.54 Å². The summed E-state index contributed by atoms with van der Waals surface area (Å²) in [6.45, 7) is 5.23. The van der Waals surface area contributed by atoms with Crippen molar-refractivity contribution >= 4 is 5.78 Å². The molecule has 0 aromatic rings. The summed E-state index contributed by atoms with van der Waals surface area (Å²) in [5.74, 6) is 0.786. The lowest BCUT2D eigenvalue weighted by atomic mass is 9.93. The van der Waals surface area contributed by atoms with Gasteiger partial charge >= 0.3 is 0 Å². The molecule has 0 fully saturated rings. The van der Waals surface area contributed by atoms with E-state index in [9.17, 15) is 4.79 Å². The van der Waals surface area contributed by atoms with Crippen molar-refractivity contribution in [3.05, 3.63) is 11.8 Å². The minimum absolute atomic E-state index is 0.271. The van der Waals surface area contributed by atoms with Gasteiger partial charge in [0.1, 0.15) is 0 Å². The number of rotatable bonds is 3. The molecule has 0 radical (unpaired) electrons. The molecule has 2 nitrogen and oxygen atoms in total. The van der Waals surface area contributed by atoms with Crippen molar-refractivity contribution in [3.8, 4) is 0 Å². The van der Waals surface area contributed by atoms with Crippen LogP contribution in [-0.4, -0.2) is 12.3 Å². The quantitative estimate of drug-likeness (QED) is 0.695.